The van der Waals surface area contributed by atoms with Crippen LogP contribution in [0.15, 0.2) is 42.7 Å². The Balaban J connectivity index is 1.94. The van der Waals surface area contributed by atoms with Gasteiger partial charge in [-0.05, 0) is 42.7 Å². The van der Waals surface area contributed by atoms with Gasteiger partial charge in [-0.2, -0.15) is 0 Å². The first-order chi connectivity index (χ1) is 10.2. The van der Waals surface area contributed by atoms with Crippen molar-refractivity contribution in [2.24, 2.45) is 0 Å². The van der Waals surface area contributed by atoms with Gasteiger partial charge in [-0.25, -0.2) is 0 Å². The lowest BCUT2D eigenvalue weighted by atomic mass is 10.0. The number of aromatic nitrogens is 1. The van der Waals surface area contributed by atoms with E-state index in [9.17, 15) is 4.79 Å². The molecule has 0 spiro atoms. The van der Waals surface area contributed by atoms with Crippen LogP contribution < -0.4 is 4.90 Å². The molecular weight excluding hydrogens is 260 g/mol. The van der Waals surface area contributed by atoms with Crippen molar-refractivity contribution in [3.63, 3.8) is 0 Å². The van der Waals surface area contributed by atoms with E-state index >= 15 is 0 Å². The van der Waals surface area contributed by atoms with Crippen molar-refractivity contribution < 1.29 is 4.79 Å². The van der Waals surface area contributed by atoms with Gasteiger partial charge in [-0.1, -0.05) is 17.9 Å². The second kappa shape index (κ2) is 5.80. The smallest absolute Gasteiger partial charge is 0.226 e. The maximum atomic E-state index is 11.9. The van der Waals surface area contributed by atoms with Gasteiger partial charge in [0.05, 0.1) is 0 Å². The summed E-state index contributed by atoms with van der Waals surface area (Å²) in [6.45, 7) is 0. The zero-order valence-corrected chi connectivity index (χ0v) is 12.0. The number of rotatable bonds is 0. The molecule has 3 nitrogen and oxygen atoms in total. The summed E-state index contributed by atoms with van der Waals surface area (Å²) >= 11 is 0. The fourth-order valence-corrected chi connectivity index (χ4v) is 2.48. The predicted octanol–water partition coefficient (Wildman–Crippen LogP) is 2.78. The summed E-state index contributed by atoms with van der Waals surface area (Å²) in [6, 6.07) is 9.90. The van der Waals surface area contributed by atoms with Gasteiger partial charge in [0.2, 0.25) is 5.91 Å². The molecular formula is C18H16N2O. The fraction of sp³-hybridized carbons (Fsp3) is 0.222. The molecule has 1 amide bonds. The molecule has 0 fully saturated rings. The molecule has 1 aliphatic heterocycles. The first-order valence-electron chi connectivity index (χ1n) is 7.05. The second-order valence-electron chi connectivity index (χ2n) is 5.14. The van der Waals surface area contributed by atoms with Crippen LogP contribution in [-0.4, -0.2) is 17.9 Å². The third-order valence-corrected chi connectivity index (χ3v) is 3.67. The summed E-state index contributed by atoms with van der Waals surface area (Å²) in [7, 11) is 1.84. The highest BCUT2D eigenvalue weighted by Gasteiger charge is 2.18. The van der Waals surface area contributed by atoms with Gasteiger partial charge in [0, 0.05) is 42.7 Å². The maximum absolute atomic E-state index is 11.9. The Labute approximate surface area is 124 Å². The summed E-state index contributed by atoms with van der Waals surface area (Å²) in [5.74, 6) is 6.40. The van der Waals surface area contributed by atoms with Crippen molar-refractivity contribution in [1.29, 1.82) is 0 Å². The molecule has 2 aromatic rings. The lowest BCUT2D eigenvalue weighted by Gasteiger charge is -2.17. The van der Waals surface area contributed by atoms with Gasteiger partial charge < -0.3 is 4.90 Å². The molecule has 21 heavy (non-hydrogen) atoms. The third-order valence-electron chi connectivity index (χ3n) is 3.67. The number of carbonyl (C=O) groups excluding carboxylic acids is 1. The molecule has 0 N–H and O–H groups in total. The average Bonchev–Trinajstić information content (AvgIpc) is 2.66. The summed E-state index contributed by atoms with van der Waals surface area (Å²) < 4.78 is 0. The van der Waals surface area contributed by atoms with Gasteiger partial charge in [0.15, 0.2) is 0 Å². The molecule has 0 aliphatic carbocycles. The molecule has 0 saturated carbocycles. The average molecular weight is 276 g/mol. The van der Waals surface area contributed by atoms with E-state index in [2.05, 4.69) is 22.9 Å². The highest BCUT2D eigenvalue weighted by atomic mass is 16.2. The van der Waals surface area contributed by atoms with Gasteiger partial charge in [0.1, 0.15) is 0 Å². The number of anilines is 1. The Morgan fingerprint density at radius 2 is 2.00 bits per heavy atom. The van der Waals surface area contributed by atoms with Crippen molar-refractivity contribution in [2.75, 3.05) is 11.9 Å². The topological polar surface area (TPSA) is 33.2 Å². The largest absolute Gasteiger partial charge is 0.315 e. The molecule has 0 bridgehead atoms. The number of nitrogens with zero attached hydrogens (tertiary/aromatic N) is 2. The Kier molecular flexibility index (Phi) is 3.70. The number of pyridine rings is 1. The monoisotopic (exact) mass is 276 g/mol. The Hall–Kier alpha value is -2.60. The van der Waals surface area contributed by atoms with Crippen LogP contribution in [0.3, 0.4) is 0 Å². The van der Waals surface area contributed by atoms with Crippen molar-refractivity contribution in [3.8, 4) is 11.8 Å². The molecule has 1 aromatic carbocycles. The number of hydrogen-bond acceptors (Lipinski definition) is 2. The van der Waals surface area contributed by atoms with Gasteiger partial charge in [-0.3, -0.25) is 9.78 Å². The van der Waals surface area contributed by atoms with E-state index in [1.165, 1.54) is 5.56 Å². The summed E-state index contributed by atoms with van der Waals surface area (Å²) in [5.41, 5.74) is 4.00. The molecule has 2 heterocycles. The summed E-state index contributed by atoms with van der Waals surface area (Å²) in [4.78, 5) is 17.7. The fourth-order valence-electron chi connectivity index (χ4n) is 2.48. The Bertz CT molecular complexity index is 726. The molecule has 3 rings (SSSR count). The van der Waals surface area contributed by atoms with E-state index in [0.717, 1.165) is 29.7 Å². The minimum absolute atomic E-state index is 0.172. The van der Waals surface area contributed by atoms with Crippen LogP contribution in [0.25, 0.3) is 0 Å². The lowest BCUT2D eigenvalue weighted by molar-refractivity contribution is -0.118. The van der Waals surface area contributed by atoms with E-state index in [1.54, 1.807) is 17.3 Å². The van der Waals surface area contributed by atoms with E-state index < -0.39 is 0 Å². The first-order valence-corrected chi connectivity index (χ1v) is 7.05. The van der Waals surface area contributed by atoms with Crippen molar-refractivity contribution in [1.82, 2.24) is 4.98 Å². The van der Waals surface area contributed by atoms with Gasteiger partial charge >= 0.3 is 0 Å². The second-order valence-corrected chi connectivity index (χ2v) is 5.14. The molecule has 0 unspecified atom stereocenters. The van der Waals surface area contributed by atoms with E-state index in [1.807, 2.05) is 31.3 Å². The van der Waals surface area contributed by atoms with Crippen molar-refractivity contribution >= 4 is 11.6 Å². The third kappa shape index (κ3) is 2.95. The van der Waals surface area contributed by atoms with Crippen LogP contribution in [0.4, 0.5) is 5.69 Å². The Morgan fingerprint density at radius 3 is 2.81 bits per heavy atom. The maximum Gasteiger partial charge on any atom is 0.226 e. The molecule has 0 saturated heterocycles. The lowest BCUT2D eigenvalue weighted by Crippen LogP contribution is -2.25. The number of carbonyl (C=O) groups is 1. The van der Waals surface area contributed by atoms with Crippen LogP contribution in [0.2, 0.25) is 0 Å². The zero-order chi connectivity index (χ0) is 14.7. The number of fused-ring (bicyclic) bond motifs is 1. The summed E-state index contributed by atoms with van der Waals surface area (Å²) in [6.07, 6.45) is 5.95. The molecule has 1 aromatic heterocycles. The van der Waals surface area contributed by atoms with Crippen molar-refractivity contribution in [2.45, 2.75) is 19.3 Å². The van der Waals surface area contributed by atoms with Crippen LogP contribution >= 0.6 is 0 Å². The molecule has 104 valence electrons. The first kappa shape index (κ1) is 13.4. The predicted molar refractivity (Wildman–Crippen MR) is 83.0 cm³/mol. The minimum atomic E-state index is 0.172. The van der Waals surface area contributed by atoms with Crippen LogP contribution in [0, 0.1) is 11.8 Å². The normalized spacial score (nSPS) is 14.0. The van der Waals surface area contributed by atoms with Crippen LogP contribution in [0.5, 0.6) is 0 Å². The quantitative estimate of drug-likeness (QED) is 0.693. The number of amides is 1. The number of benzene rings is 1. The number of aryl methyl sites for hydroxylation is 1. The SMILES string of the molecule is CN1C(=O)CCCc2ccc(C#Cc3cccnc3)cc21. The van der Waals surface area contributed by atoms with Crippen LogP contribution in [0.1, 0.15) is 29.5 Å². The highest BCUT2D eigenvalue weighted by molar-refractivity contribution is 5.94. The summed E-state index contributed by atoms with van der Waals surface area (Å²) in [5, 5.41) is 0. The zero-order valence-electron chi connectivity index (χ0n) is 12.0. The molecule has 1 aliphatic rings. The number of hydrogen-bond donors (Lipinski definition) is 0. The van der Waals surface area contributed by atoms with E-state index in [4.69, 9.17) is 0 Å². The van der Waals surface area contributed by atoms with Gasteiger partial charge in [0.25, 0.3) is 0 Å². The Morgan fingerprint density at radius 1 is 1.14 bits per heavy atom. The molecule has 0 atom stereocenters. The highest BCUT2D eigenvalue weighted by Crippen LogP contribution is 2.26. The minimum Gasteiger partial charge on any atom is -0.315 e. The molecule has 0 radical (unpaired) electrons. The van der Waals surface area contributed by atoms with Crippen LogP contribution in [-0.2, 0) is 11.2 Å². The standard InChI is InChI=1S/C18H16N2O/c1-20-17-12-14(7-8-15-4-3-11-19-13-15)9-10-16(17)5-2-6-18(20)21/h3-4,9-13H,2,5-6H2,1H3. The van der Waals surface area contributed by atoms with Crippen molar-refractivity contribution in [3.05, 3.63) is 59.4 Å². The van der Waals surface area contributed by atoms with E-state index in [-0.39, 0.29) is 5.91 Å². The van der Waals surface area contributed by atoms with E-state index in [0.29, 0.717) is 6.42 Å². The van der Waals surface area contributed by atoms with Gasteiger partial charge in [-0.15, -0.1) is 0 Å². The molecule has 3 heteroatoms.